The number of carbonyl (C=O) groups excluding carboxylic acids is 3. The van der Waals surface area contributed by atoms with Crippen molar-refractivity contribution >= 4 is 57.9 Å². The van der Waals surface area contributed by atoms with Crippen molar-refractivity contribution in [3.05, 3.63) is 122 Å². The van der Waals surface area contributed by atoms with Crippen molar-refractivity contribution in [2.75, 3.05) is 29.5 Å². The highest BCUT2D eigenvalue weighted by atomic mass is 127. The molecule has 1 fully saturated rings. The summed E-state index contributed by atoms with van der Waals surface area (Å²) in [7, 11) is 0. The van der Waals surface area contributed by atoms with Gasteiger partial charge in [-0.3, -0.25) is 14.9 Å². The molecule has 3 aliphatic heterocycles. The molecule has 0 saturated carbocycles. The predicted molar refractivity (Wildman–Crippen MR) is 200 cm³/mol. The quantitative estimate of drug-likeness (QED) is 0.111. The number of imide groups is 2. The second-order valence-electron chi connectivity index (χ2n) is 12.9. The van der Waals surface area contributed by atoms with Gasteiger partial charge in [0.15, 0.2) is 11.5 Å². The topological polar surface area (TPSA) is 88.2 Å². The van der Waals surface area contributed by atoms with Crippen LogP contribution in [0.4, 0.5) is 16.2 Å². The van der Waals surface area contributed by atoms with Gasteiger partial charge in [-0.2, -0.15) is 0 Å². The van der Waals surface area contributed by atoms with Crippen LogP contribution in [0.3, 0.4) is 0 Å². The molecular weight excluding hydrogens is 729 g/mol. The van der Waals surface area contributed by atoms with Gasteiger partial charge in [-0.1, -0.05) is 60.7 Å². The maximum atomic E-state index is 14.3. The van der Waals surface area contributed by atoms with Gasteiger partial charge >= 0.3 is 6.03 Å². The zero-order chi connectivity index (χ0) is 34.2. The number of halogens is 1. The number of anilines is 2. The van der Waals surface area contributed by atoms with E-state index in [0.717, 1.165) is 45.5 Å². The number of nitrogens with zero attached hydrogens (tertiary/aromatic N) is 2. The van der Waals surface area contributed by atoms with Crippen LogP contribution in [-0.2, 0) is 9.59 Å². The number of hydrogen-bond acceptors (Lipinski definition) is 6. The maximum Gasteiger partial charge on any atom is 0.335 e. The number of nitrogens with one attached hydrogen (secondary N) is 1. The predicted octanol–water partition coefficient (Wildman–Crippen LogP) is 8.02. The van der Waals surface area contributed by atoms with E-state index in [1.54, 1.807) is 6.07 Å². The van der Waals surface area contributed by atoms with Gasteiger partial charge in [-0.05, 0) is 114 Å². The zero-order valence-electron chi connectivity index (χ0n) is 27.7. The molecule has 0 unspecified atom stereocenters. The summed E-state index contributed by atoms with van der Waals surface area (Å²) in [5.74, 6) is -0.113. The Morgan fingerprint density at radius 2 is 1.47 bits per heavy atom. The van der Waals surface area contributed by atoms with Crippen LogP contribution in [0.2, 0.25) is 0 Å². The number of ether oxygens (including phenoxy) is 2. The number of urea groups is 1. The van der Waals surface area contributed by atoms with Gasteiger partial charge in [0.25, 0.3) is 11.8 Å². The van der Waals surface area contributed by atoms with Crippen LogP contribution in [0, 0.1) is 3.57 Å². The third-order valence-corrected chi connectivity index (χ3v) is 10.2. The van der Waals surface area contributed by atoms with Crippen molar-refractivity contribution in [2.45, 2.75) is 51.6 Å². The van der Waals surface area contributed by atoms with E-state index in [-0.39, 0.29) is 23.5 Å². The first-order valence-electron chi connectivity index (χ1n) is 16.8. The van der Waals surface area contributed by atoms with Crippen LogP contribution in [0.15, 0.2) is 90.5 Å². The first-order chi connectivity index (χ1) is 23.7. The van der Waals surface area contributed by atoms with Crippen LogP contribution in [0.5, 0.6) is 11.5 Å². The van der Waals surface area contributed by atoms with Crippen LogP contribution in [0.1, 0.15) is 73.3 Å². The van der Waals surface area contributed by atoms with Crippen molar-refractivity contribution in [3.8, 4) is 11.5 Å². The molecule has 250 valence electrons. The summed E-state index contributed by atoms with van der Waals surface area (Å²) < 4.78 is 12.7. The molecule has 4 aromatic carbocycles. The normalized spacial score (nSPS) is 19.6. The van der Waals surface area contributed by atoms with Crippen molar-refractivity contribution in [1.29, 1.82) is 0 Å². The molecule has 0 aliphatic carbocycles. The average molecular weight is 768 g/mol. The molecule has 7 rings (SSSR count). The molecule has 0 radical (unpaired) electrons. The highest BCUT2D eigenvalue weighted by Crippen LogP contribution is 2.50. The van der Waals surface area contributed by atoms with E-state index < -0.39 is 17.8 Å². The molecule has 8 nitrogen and oxygen atoms in total. The van der Waals surface area contributed by atoms with Crippen LogP contribution >= 0.6 is 22.6 Å². The monoisotopic (exact) mass is 767 g/mol. The number of amides is 4. The Morgan fingerprint density at radius 3 is 2.02 bits per heavy atom. The summed E-state index contributed by atoms with van der Waals surface area (Å²) in [6, 6.07) is 27.6. The summed E-state index contributed by atoms with van der Waals surface area (Å²) >= 11 is 2.17. The van der Waals surface area contributed by atoms with Gasteiger partial charge in [0, 0.05) is 30.6 Å². The lowest BCUT2D eigenvalue weighted by Crippen LogP contribution is -2.54. The second kappa shape index (κ2) is 13.7. The molecule has 0 aromatic heterocycles. The van der Waals surface area contributed by atoms with Crippen LogP contribution < -0.4 is 24.6 Å². The van der Waals surface area contributed by atoms with Gasteiger partial charge in [0.2, 0.25) is 0 Å². The molecule has 1 N–H and O–H groups in total. The lowest BCUT2D eigenvalue weighted by molar-refractivity contribution is -0.122. The molecular formula is C40H38IN3O5. The van der Waals surface area contributed by atoms with E-state index in [4.69, 9.17) is 9.47 Å². The SMILES string of the molecule is CCOc1cc(/C=C2\C(=O)NC(=O)N(c3cc4c5c(c3)[C@H](c3ccccc3)CCN5CC[C@H]4c3ccccc3)C2=O)cc(I)c1OC(C)C. The van der Waals surface area contributed by atoms with E-state index in [1.165, 1.54) is 22.9 Å². The van der Waals surface area contributed by atoms with E-state index in [0.29, 0.717) is 29.4 Å². The van der Waals surface area contributed by atoms with Crippen molar-refractivity contribution in [1.82, 2.24) is 5.32 Å². The van der Waals surface area contributed by atoms with E-state index >= 15 is 0 Å². The second-order valence-corrected chi connectivity index (χ2v) is 14.0. The molecule has 4 amide bonds. The summed E-state index contributed by atoms with van der Waals surface area (Å²) in [6.07, 6.45) is 3.28. The minimum absolute atomic E-state index is 0.0703. The van der Waals surface area contributed by atoms with Gasteiger partial charge in [0.05, 0.1) is 22.0 Å². The largest absolute Gasteiger partial charge is 0.490 e. The van der Waals surface area contributed by atoms with Gasteiger partial charge in [0.1, 0.15) is 5.57 Å². The Hall–Kier alpha value is -4.64. The maximum absolute atomic E-state index is 14.3. The van der Waals surface area contributed by atoms with E-state index in [9.17, 15) is 14.4 Å². The Kier molecular flexibility index (Phi) is 9.19. The Balaban J connectivity index is 1.35. The Labute approximate surface area is 300 Å². The van der Waals surface area contributed by atoms with Crippen molar-refractivity contribution < 1.29 is 23.9 Å². The molecule has 3 aliphatic rings. The number of hydrogen-bond donors (Lipinski definition) is 1. The molecule has 49 heavy (non-hydrogen) atoms. The van der Waals surface area contributed by atoms with Crippen molar-refractivity contribution in [3.63, 3.8) is 0 Å². The lowest BCUT2D eigenvalue weighted by Gasteiger charge is -2.44. The molecule has 0 bridgehead atoms. The summed E-state index contributed by atoms with van der Waals surface area (Å²) in [6.45, 7) is 8.03. The van der Waals surface area contributed by atoms with Gasteiger partial charge < -0.3 is 14.4 Å². The van der Waals surface area contributed by atoms with Gasteiger partial charge in [-0.25, -0.2) is 9.69 Å². The fraction of sp³-hybridized carbons (Fsp3) is 0.275. The molecule has 2 atom stereocenters. The first-order valence-corrected chi connectivity index (χ1v) is 17.9. The summed E-state index contributed by atoms with van der Waals surface area (Å²) in [5, 5.41) is 2.44. The summed E-state index contributed by atoms with van der Waals surface area (Å²) in [5.41, 5.74) is 6.64. The van der Waals surface area contributed by atoms with Crippen LogP contribution in [-0.4, -0.2) is 43.6 Å². The van der Waals surface area contributed by atoms with E-state index in [1.807, 2.05) is 51.1 Å². The molecule has 0 spiro atoms. The minimum atomic E-state index is -0.763. The fourth-order valence-electron chi connectivity index (χ4n) is 7.31. The highest BCUT2D eigenvalue weighted by molar-refractivity contribution is 14.1. The molecule has 3 heterocycles. The third kappa shape index (κ3) is 6.32. The number of barbiturate groups is 1. The number of carbonyl (C=O) groups is 3. The van der Waals surface area contributed by atoms with Gasteiger partial charge in [-0.15, -0.1) is 0 Å². The smallest absolute Gasteiger partial charge is 0.335 e. The molecule has 4 aromatic rings. The van der Waals surface area contributed by atoms with E-state index in [2.05, 4.69) is 81.3 Å². The Bertz CT molecular complexity index is 1890. The fourth-order valence-corrected chi connectivity index (χ4v) is 8.06. The van der Waals surface area contributed by atoms with Crippen LogP contribution in [0.25, 0.3) is 6.08 Å². The minimum Gasteiger partial charge on any atom is -0.490 e. The standard InChI is InChI=1S/C40H38IN3O5/c1-4-48-35-21-25(20-34(41)37(35)49-24(2)3)19-33-38(45)42-40(47)44(39(33)46)28-22-31-29(26-11-7-5-8-12-26)15-17-43-18-16-30(32(23-28)36(31)43)27-13-9-6-10-14-27/h5-14,19-24,29-30H,4,15-18H2,1-3H3,(H,42,45,47)/b33-19+/t29-,30-/m0/s1. The summed E-state index contributed by atoms with van der Waals surface area (Å²) in [4.78, 5) is 44.8. The third-order valence-electron chi connectivity index (χ3n) is 9.36. The highest BCUT2D eigenvalue weighted by Gasteiger charge is 2.40. The van der Waals surface area contributed by atoms with Crippen molar-refractivity contribution in [2.24, 2.45) is 0 Å². The molecule has 9 heteroatoms. The average Bonchev–Trinajstić information content (AvgIpc) is 3.09. The number of rotatable bonds is 8. The lowest BCUT2D eigenvalue weighted by atomic mass is 9.76. The Morgan fingerprint density at radius 1 is 0.878 bits per heavy atom. The molecule has 1 saturated heterocycles. The zero-order valence-corrected chi connectivity index (χ0v) is 29.9. The first kappa shape index (κ1) is 32.9. The number of benzene rings is 4.